The zero-order valence-electron chi connectivity index (χ0n) is 15.8. The van der Waals surface area contributed by atoms with Crippen molar-refractivity contribution in [2.75, 3.05) is 19.8 Å². The minimum absolute atomic E-state index is 0.231. The van der Waals surface area contributed by atoms with Crippen molar-refractivity contribution < 1.29 is 9.53 Å². The molecule has 4 nitrogen and oxygen atoms in total. The van der Waals surface area contributed by atoms with Crippen LogP contribution in [0.5, 0.6) is 0 Å². The highest BCUT2D eigenvalue weighted by Gasteiger charge is 2.26. The first-order valence-corrected chi connectivity index (χ1v) is 10.5. The number of aryl methyl sites for hydroxylation is 1. The van der Waals surface area contributed by atoms with E-state index < -0.39 is 0 Å². The number of nitrogens with zero attached hydrogens (tertiary/aromatic N) is 2. The molecule has 3 heterocycles. The second-order valence-electron chi connectivity index (χ2n) is 7.22. The minimum Gasteiger partial charge on any atom is -0.381 e. The van der Waals surface area contributed by atoms with Gasteiger partial charge in [-0.05, 0) is 42.3 Å². The van der Waals surface area contributed by atoms with Gasteiger partial charge in [-0.1, -0.05) is 24.3 Å². The van der Waals surface area contributed by atoms with E-state index in [4.69, 9.17) is 4.74 Å². The molecule has 0 aliphatic carbocycles. The van der Waals surface area contributed by atoms with Crippen LogP contribution >= 0.6 is 11.3 Å². The molecular formula is C22H26N2O2S. The SMILES string of the molecule is Cn1cc(CC(=O)N(CCc2cccs2)C2CCOCC2)c2ccccc21. The number of carbonyl (C=O) groups is 1. The maximum Gasteiger partial charge on any atom is 0.227 e. The third-order valence-electron chi connectivity index (χ3n) is 5.45. The Morgan fingerprint density at radius 2 is 2.04 bits per heavy atom. The van der Waals surface area contributed by atoms with Gasteiger partial charge in [0.25, 0.3) is 0 Å². The number of aromatic nitrogens is 1. The predicted molar refractivity (Wildman–Crippen MR) is 110 cm³/mol. The number of fused-ring (bicyclic) bond motifs is 1. The van der Waals surface area contributed by atoms with E-state index in [0.29, 0.717) is 12.5 Å². The number of amides is 1. The van der Waals surface area contributed by atoms with Crippen molar-refractivity contribution in [2.24, 2.45) is 7.05 Å². The Morgan fingerprint density at radius 3 is 2.81 bits per heavy atom. The van der Waals surface area contributed by atoms with Crippen LogP contribution in [0.4, 0.5) is 0 Å². The van der Waals surface area contributed by atoms with Gasteiger partial charge in [0, 0.05) is 54.8 Å². The van der Waals surface area contributed by atoms with Crippen LogP contribution in [0, 0.1) is 0 Å². The average Bonchev–Trinajstić information content (AvgIpc) is 3.32. The molecule has 3 aromatic rings. The molecule has 0 N–H and O–H groups in total. The van der Waals surface area contributed by atoms with E-state index in [9.17, 15) is 4.79 Å². The third kappa shape index (κ3) is 4.09. The summed E-state index contributed by atoms with van der Waals surface area (Å²) in [5, 5.41) is 3.28. The lowest BCUT2D eigenvalue weighted by Crippen LogP contribution is -2.45. The van der Waals surface area contributed by atoms with Gasteiger partial charge in [-0.15, -0.1) is 11.3 Å². The monoisotopic (exact) mass is 382 g/mol. The Bertz CT molecular complexity index is 894. The number of carbonyl (C=O) groups excluding carboxylic acids is 1. The van der Waals surface area contributed by atoms with E-state index >= 15 is 0 Å². The van der Waals surface area contributed by atoms with E-state index in [1.165, 1.54) is 15.8 Å². The largest absolute Gasteiger partial charge is 0.381 e. The third-order valence-corrected chi connectivity index (χ3v) is 6.39. The quantitative estimate of drug-likeness (QED) is 0.645. The molecule has 1 saturated heterocycles. The summed E-state index contributed by atoms with van der Waals surface area (Å²) in [6.07, 6.45) is 5.36. The molecule has 0 spiro atoms. The number of hydrogen-bond acceptors (Lipinski definition) is 3. The molecular weight excluding hydrogens is 356 g/mol. The number of hydrogen-bond donors (Lipinski definition) is 0. The Balaban J connectivity index is 1.53. The van der Waals surface area contributed by atoms with E-state index in [0.717, 1.165) is 44.6 Å². The molecule has 1 aromatic carbocycles. The number of para-hydroxylation sites is 1. The highest BCUT2D eigenvalue weighted by atomic mass is 32.1. The standard InChI is InChI=1S/C22H26N2O2S/c1-23-16-17(20-6-2-3-7-21(20)23)15-22(25)24(18-9-12-26-13-10-18)11-8-19-5-4-14-27-19/h2-7,14,16,18H,8-13,15H2,1H3. The summed E-state index contributed by atoms with van der Waals surface area (Å²) in [5.74, 6) is 0.231. The summed E-state index contributed by atoms with van der Waals surface area (Å²) in [6, 6.07) is 12.8. The molecule has 0 atom stereocenters. The lowest BCUT2D eigenvalue weighted by atomic mass is 10.0. The molecule has 1 aliphatic heterocycles. The predicted octanol–water partition coefficient (Wildman–Crippen LogP) is 4.03. The van der Waals surface area contributed by atoms with Gasteiger partial charge in [-0.3, -0.25) is 4.79 Å². The fourth-order valence-electron chi connectivity index (χ4n) is 4.02. The van der Waals surface area contributed by atoms with Crippen LogP contribution in [0.1, 0.15) is 23.3 Å². The topological polar surface area (TPSA) is 34.5 Å². The Labute approximate surface area is 164 Å². The average molecular weight is 383 g/mol. The smallest absolute Gasteiger partial charge is 0.227 e. The normalized spacial score (nSPS) is 15.3. The highest BCUT2D eigenvalue weighted by Crippen LogP contribution is 2.23. The fraction of sp³-hybridized carbons (Fsp3) is 0.409. The van der Waals surface area contributed by atoms with Gasteiger partial charge >= 0.3 is 0 Å². The van der Waals surface area contributed by atoms with E-state index in [2.05, 4.69) is 45.3 Å². The number of rotatable bonds is 6. The second-order valence-corrected chi connectivity index (χ2v) is 8.25. The maximum absolute atomic E-state index is 13.3. The van der Waals surface area contributed by atoms with Gasteiger partial charge in [-0.2, -0.15) is 0 Å². The van der Waals surface area contributed by atoms with Crippen LogP contribution < -0.4 is 0 Å². The molecule has 4 rings (SSSR count). The molecule has 5 heteroatoms. The van der Waals surface area contributed by atoms with Gasteiger partial charge in [0.15, 0.2) is 0 Å². The molecule has 0 radical (unpaired) electrons. The first-order chi connectivity index (χ1) is 13.2. The van der Waals surface area contributed by atoms with Crippen molar-refractivity contribution in [3.63, 3.8) is 0 Å². The number of thiophene rings is 1. The Kier molecular flexibility index (Phi) is 5.60. The van der Waals surface area contributed by atoms with Gasteiger partial charge in [0.2, 0.25) is 5.91 Å². The van der Waals surface area contributed by atoms with E-state index in [-0.39, 0.29) is 5.91 Å². The van der Waals surface area contributed by atoms with Gasteiger partial charge < -0.3 is 14.2 Å². The van der Waals surface area contributed by atoms with Crippen LogP contribution in [0.25, 0.3) is 10.9 Å². The molecule has 27 heavy (non-hydrogen) atoms. The van der Waals surface area contributed by atoms with Crippen molar-refractivity contribution in [2.45, 2.75) is 31.7 Å². The molecule has 1 fully saturated rings. The Morgan fingerprint density at radius 1 is 1.22 bits per heavy atom. The summed E-state index contributed by atoms with van der Waals surface area (Å²) >= 11 is 1.77. The van der Waals surface area contributed by atoms with Crippen LogP contribution in [-0.4, -0.2) is 41.2 Å². The summed E-state index contributed by atoms with van der Waals surface area (Å²) < 4.78 is 7.63. The minimum atomic E-state index is 0.231. The summed E-state index contributed by atoms with van der Waals surface area (Å²) in [5.41, 5.74) is 2.29. The number of ether oxygens (including phenoxy) is 1. The van der Waals surface area contributed by atoms with Crippen molar-refractivity contribution in [3.8, 4) is 0 Å². The molecule has 0 bridgehead atoms. The van der Waals surface area contributed by atoms with Crippen LogP contribution in [-0.2, 0) is 29.4 Å². The fourth-order valence-corrected chi connectivity index (χ4v) is 4.72. The zero-order chi connectivity index (χ0) is 18.6. The van der Waals surface area contributed by atoms with Crippen LogP contribution in [0.3, 0.4) is 0 Å². The summed E-state index contributed by atoms with van der Waals surface area (Å²) in [6.45, 7) is 2.29. The molecule has 2 aromatic heterocycles. The molecule has 142 valence electrons. The molecule has 0 saturated carbocycles. The highest BCUT2D eigenvalue weighted by molar-refractivity contribution is 7.09. The molecule has 1 amide bonds. The second kappa shape index (κ2) is 8.28. The van der Waals surface area contributed by atoms with E-state index in [1.807, 2.05) is 19.2 Å². The summed E-state index contributed by atoms with van der Waals surface area (Å²) in [7, 11) is 2.04. The van der Waals surface area contributed by atoms with Crippen molar-refractivity contribution in [1.82, 2.24) is 9.47 Å². The first kappa shape index (κ1) is 18.3. The van der Waals surface area contributed by atoms with Crippen molar-refractivity contribution in [1.29, 1.82) is 0 Å². The van der Waals surface area contributed by atoms with Crippen LogP contribution in [0.15, 0.2) is 48.0 Å². The Hall–Kier alpha value is -2.11. The summed E-state index contributed by atoms with van der Waals surface area (Å²) in [4.78, 5) is 16.8. The molecule has 1 aliphatic rings. The van der Waals surface area contributed by atoms with Gasteiger partial charge in [0.1, 0.15) is 0 Å². The van der Waals surface area contributed by atoms with Crippen molar-refractivity contribution >= 4 is 28.1 Å². The lowest BCUT2D eigenvalue weighted by Gasteiger charge is -2.34. The van der Waals surface area contributed by atoms with Gasteiger partial charge in [0.05, 0.1) is 6.42 Å². The van der Waals surface area contributed by atoms with Gasteiger partial charge in [-0.25, -0.2) is 0 Å². The zero-order valence-corrected chi connectivity index (χ0v) is 16.6. The lowest BCUT2D eigenvalue weighted by molar-refractivity contribution is -0.134. The maximum atomic E-state index is 13.3. The first-order valence-electron chi connectivity index (χ1n) is 9.65. The van der Waals surface area contributed by atoms with E-state index in [1.54, 1.807) is 11.3 Å². The number of benzene rings is 1. The van der Waals surface area contributed by atoms with Crippen LogP contribution in [0.2, 0.25) is 0 Å². The van der Waals surface area contributed by atoms with Crippen molar-refractivity contribution in [3.05, 3.63) is 58.4 Å². The molecule has 0 unspecified atom stereocenters.